The normalized spacial score (nSPS) is 10.3. The number of pyridine rings is 1. The molecule has 0 atom stereocenters. The van der Waals surface area contributed by atoms with Crippen molar-refractivity contribution in [2.45, 2.75) is 15.2 Å². The van der Waals surface area contributed by atoms with E-state index < -0.39 is 0 Å². The summed E-state index contributed by atoms with van der Waals surface area (Å²) in [6.07, 6.45) is 3.70. The Morgan fingerprint density at radius 1 is 1.19 bits per heavy atom. The van der Waals surface area contributed by atoms with E-state index in [0.717, 1.165) is 10.1 Å². The van der Waals surface area contributed by atoms with E-state index in [2.05, 4.69) is 15.0 Å². The third-order valence-corrected chi connectivity index (χ3v) is 3.19. The van der Waals surface area contributed by atoms with Gasteiger partial charge in [-0.1, -0.05) is 6.07 Å². The van der Waals surface area contributed by atoms with E-state index in [1.165, 1.54) is 11.8 Å². The maximum absolute atomic E-state index is 5.69. The summed E-state index contributed by atoms with van der Waals surface area (Å²) in [7, 11) is 0. The van der Waals surface area contributed by atoms with Gasteiger partial charge in [0.1, 0.15) is 15.9 Å². The number of thioether (sulfide) groups is 1. The predicted molar refractivity (Wildman–Crippen MR) is 66.6 cm³/mol. The first-order valence-corrected chi connectivity index (χ1v) is 6.59. The molecule has 0 spiro atoms. The molecule has 2 heterocycles. The zero-order chi connectivity index (χ0) is 11.4. The van der Waals surface area contributed by atoms with Crippen molar-refractivity contribution in [2.24, 2.45) is 0 Å². The van der Waals surface area contributed by atoms with Gasteiger partial charge in [0.05, 0.1) is 0 Å². The van der Waals surface area contributed by atoms with E-state index in [1.807, 2.05) is 24.5 Å². The first kappa shape index (κ1) is 11.2. The number of nitrogens with zero attached hydrogens (tertiary/aromatic N) is 3. The van der Waals surface area contributed by atoms with Gasteiger partial charge in [0.15, 0.2) is 5.16 Å². The lowest BCUT2D eigenvalue weighted by Gasteiger charge is -2.02. The number of rotatable bonds is 3. The van der Waals surface area contributed by atoms with Gasteiger partial charge in [-0.25, -0.2) is 15.0 Å². The fourth-order valence-corrected chi connectivity index (χ4v) is 2.29. The van der Waals surface area contributed by atoms with E-state index in [9.17, 15) is 0 Å². The Balaban J connectivity index is 2.24. The van der Waals surface area contributed by atoms with Crippen molar-refractivity contribution in [3.05, 3.63) is 30.5 Å². The summed E-state index contributed by atoms with van der Waals surface area (Å²) >= 11 is 2.95. The molecule has 0 aliphatic heterocycles. The number of nitrogens with two attached hydrogens (primary N) is 1. The molecule has 2 aromatic rings. The highest BCUT2D eigenvalue weighted by Gasteiger charge is 2.04. The van der Waals surface area contributed by atoms with Crippen LogP contribution in [0, 0.1) is 0 Å². The molecule has 0 saturated carbocycles. The van der Waals surface area contributed by atoms with Crippen LogP contribution >= 0.6 is 23.5 Å². The van der Waals surface area contributed by atoms with Crippen LogP contribution in [0.1, 0.15) is 0 Å². The second-order valence-electron chi connectivity index (χ2n) is 2.89. The summed E-state index contributed by atoms with van der Waals surface area (Å²) in [4.78, 5) is 12.7. The predicted octanol–water partition coefficient (Wildman–Crippen LogP) is 2.33. The van der Waals surface area contributed by atoms with Gasteiger partial charge in [-0.2, -0.15) is 0 Å². The van der Waals surface area contributed by atoms with Crippen molar-refractivity contribution in [1.29, 1.82) is 0 Å². The van der Waals surface area contributed by atoms with E-state index >= 15 is 0 Å². The zero-order valence-corrected chi connectivity index (χ0v) is 10.3. The van der Waals surface area contributed by atoms with Crippen LogP contribution in [0.15, 0.2) is 45.7 Å². The van der Waals surface area contributed by atoms with Crippen molar-refractivity contribution in [1.82, 2.24) is 15.0 Å². The van der Waals surface area contributed by atoms with E-state index in [0.29, 0.717) is 11.0 Å². The van der Waals surface area contributed by atoms with Gasteiger partial charge in [-0.15, -0.1) is 11.8 Å². The topological polar surface area (TPSA) is 64.7 Å². The molecular formula is C10H10N4S2. The lowest BCUT2D eigenvalue weighted by molar-refractivity contribution is 0.897. The lowest BCUT2D eigenvalue weighted by atomic mass is 10.5. The zero-order valence-electron chi connectivity index (χ0n) is 8.62. The molecular weight excluding hydrogens is 240 g/mol. The highest BCUT2D eigenvalue weighted by Crippen LogP contribution is 2.25. The quantitative estimate of drug-likeness (QED) is 0.512. The second kappa shape index (κ2) is 5.18. The van der Waals surface area contributed by atoms with Gasteiger partial charge in [0, 0.05) is 12.3 Å². The molecule has 0 aromatic carbocycles. The Labute approximate surface area is 102 Å². The molecule has 0 unspecified atom stereocenters. The molecule has 0 aliphatic carbocycles. The number of anilines is 1. The van der Waals surface area contributed by atoms with Crippen molar-refractivity contribution in [3.8, 4) is 0 Å². The third kappa shape index (κ3) is 2.86. The number of nitrogen functional groups attached to an aromatic ring is 1. The summed E-state index contributed by atoms with van der Waals surface area (Å²) in [5.41, 5.74) is 5.69. The minimum absolute atomic E-state index is 0.484. The monoisotopic (exact) mass is 250 g/mol. The molecule has 6 heteroatoms. The van der Waals surface area contributed by atoms with Crippen LogP contribution in [-0.2, 0) is 0 Å². The van der Waals surface area contributed by atoms with Crippen molar-refractivity contribution >= 4 is 29.3 Å². The van der Waals surface area contributed by atoms with Gasteiger partial charge in [0.25, 0.3) is 0 Å². The smallest absolute Gasteiger partial charge is 0.196 e. The van der Waals surface area contributed by atoms with Gasteiger partial charge >= 0.3 is 0 Å². The number of hydrogen-bond acceptors (Lipinski definition) is 6. The highest BCUT2D eigenvalue weighted by atomic mass is 32.2. The largest absolute Gasteiger partial charge is 0.384 e. The molecule has 82 valence electrons. The molecule has 0 saturated heterocycles. The summed E-state index contributed by atoms with van der Waals surface area (Å²) in [5, 5.41) is 2.36. The number of aromatic nitrogens is 3. The first-order chi connectivity index (χ1) is 7.78. The molecule has 2 rings (SSSR count). The molecule has 0 amide bonds. The van der Waals surface area contributed by atoms with Crippen LogP contribution in [0.4, 0.5) is 5.82 Å². The molecule has 2 N–H and O–H groups in total. The maximum Gasteiger partial charge on any atom is 0.196 e. The van der Waals surface area contributed by atoms with Crippen LogP contribution in [0.2, 0.25) is 0 Å². The van der Waals surface area contributed by atoms with E-state index in [4.69, 9.17) is 5.73 Å². The molecule has 0 radical (unpaired) electrons. The molecule has 0 fully saturated rings. The van der Waals surface area contributed by atoms with Gasteiger partial charge < -0.3 is 5.73 Å². The van der Waals surface area contributed by atoms with Crippen LogP contribution in [0.25, 0.3) is 0 Å². The Kier molecular flexibility index (Phi) is 3.63. The van der Waals surface area contributed by atoms with E-state index in [1.54, 1.807) is 24.0 Å². The molecule has 0 aliphatic rings. The van der Waals surface area contributed by atoms with E-state index in [-0.39, 0.29) is 0 Å². The van der Waals surface area contributed by atoms with Crippen LogP contribution < -0.4 is 5.73 Å². The maximum atomic E-state index is 5.69. The summed E-state index contributed by atoms with van der Waals surface area (Å²) in [6.45, 7) is 0. The average Bonchev–Trinajstić information content (AvgIpc) is 2.29. The fourth-order valence-electron chi connectivity index (χ4n) is 1.07. The van der Waals surface area contributed by atoms with Crippen molar-refractivity contribution in [3.63, 3.8) is 0 Å². The third-order valence-electron chi connectivity index (χ3n) is 1.74. The average molecular weight is 250 g/mol. The van der Waals surface area contributed by atoms with Crippen molar-refractivity contribution in [2.75, 3.05) is 12.0 Å². The molecule has 4 nitrogen and oxygen atoms in total. The minimum Gasteiger partial charge on any atom is -0.384 e. The Hall–Kier alpha value is -1.27. The molecule has 16 heavy (non-hydrogen) atoms. The van der Waals surface area contributed by atoms with Crippen LogP contribution in [0.5, 0.6) is 0 Å². The minimum atomic E-state index is 0.484. The van der Waals surface area contributed by atoms with Crippen molar-refractivity contribution < 1.29 is 0 Å². The summed E-state index contributed by atoms with van der Waals surface area (Å²) in [5.74, 6) is 0.484. The highest BCUT2D eigenvalue weighted by molar-refractivity contribution is 7.99. The lowest BCUT2D eigenvalue weighted by Crippen LogP contribution is -1.96. The van der Waals surface area contributed by atoms with Gasteiger partial charge in [-0.05, 0) is 30.2 Å². The first-order valence-electron chi connectivity index (χ1n) is 4.55. The molecule has 2 aromatic heterocycles. The number of hydrogen-bond donors (Lipinski definition) is 1. The second-order valence-corrected chi connectivity index (χ2v) is 4.70. The Morgan fingerprint density at radius 3 is 2.75 bits per heavy atom. The Bertz CT molecular complexity index is 476. The SMILES string of the molecule is CSc1cc(N)nc(Sc2ccccn2)n1. The van der Waals surface area contributed by atoms with Crippen LogP contribution in [-0.4, -0.2) is 21.2 Å². The molecule has 0 bridgehead atoms. The standard InChI is InChI=1S/C10H10N4S2/c1-15-9-6-7(11)13-10(14-9)16-8-4-2-3-5-12-8/h2-6H,1H3,(H2,11,13,14). The fraction of sp³-hybridized carbons (Fsp3) is 0.100. The summed E-state index contributed by atoms with van der Waals surface area (Å²) in [6, 6.07) is 7.47. The van der Waals surface area contributed by atoms with Crippen LogP contribution in [0.3, 0.4) is 0 Å². The Morgan fingerprint density at radius 2 is 2.06 bits per heavy atom. The van der Waals surface area contributed by atoms with Gasteiger partial charge in [-0.3, -0.25) is 0 Å². The summed E-state index contributed by atoms with van der Waals surface area (Å²) < 4.78 is 0. The van der Waals surface area contributed by atoms with Gasteiger partial charge in [0.2, 0.25) is 0 Å².